The van der Waals surface area contributed by atoms with E-state index in [1.165, 1.54) is 26.0 Å². The van der Waals surface area contributed by atoms with Crippen LogP contribution in [-0.4, -0.2) is 25.8 Å². The molecule has 0 radical (unpaired) electrons. The number of aryl methyl sites for hydroxylation is 1. The molecular formula is C12H14ClNO3. The van der Waals surface area contributed by atoms with Crippen LogP contribution in [0.25, 0.3) is 0 Å². The lowest BCUT2D eigenvalue weighted by molar-refractivity contribution is -0.134. The van der Waals surface area contributed by atoms with Gasteiger partial charge in [0.15, 0.2) is 0 Å². The van der Waals surface area contributed by atoms with Crippen LogP contribution in [0.1, 0.15) is 12.5 Å². The van der Waals surface area contributed by atoms with E-state index in [1.807, 2.05) is 6.92 Å². The van der Waals surface area contributed by atoms with Crippen LogP contribution in [0.5, 0.6) is 5.75 Å². The van der Waals surface area contributed by atoms with Crippen molar-refractivity contribution in [3.05, 3.63) is 22.7 Å². The van der Waals surface area contributed by atoms with Crippen LogP contribution in [0.3, 0.4) is 0 Å². The monoisotopic (exact) mass is 255 g/mol. The summed E-state index contributed by atoms with van der Waals surface area (Å²) in [5.41, 5.74) is 1.32. The molecule has 1 rings (SSSR count). The van der Waals surface area contributed by atoms with Crippen molar-refractivity contribution in [2.45, 2.75) is 13.8 Å². The summed E-state index contributed by atoms with van der Waals surface area (Å²) >= 11 is 5.99. The molecule has 0 heterocycles. The molecule has 5 heteroatoms. The zero-order valence-corrected chi connectivity index (χ0v) is 11.0. The number of ketones is 1. The Bertz CT molecular complexity index is 471. The maximum atomic E-state index is 11.6. The van der Waals surface area contributed by atoms with E-state index < -0.39 is 11.7 Å². The lowest BCUT2D eigenvalue weighted by Crippen LogP contribution is -2.31. The number of anilines is 1. The smallest absolute Gasteiger partial charge is 0.293 e. The van der Waals surface area contributed by atoms with Crippen molar-refractivity contribution in [3.63, 3.8) is 0 Å². The summed E-state index contributed by atoms with van der Waals surface area (Å²) in [6, 6.07) is 3.33. The maximum Gasteiger partial charge on any atom is 0.293 e. The van der Waals surface area contributed by atoms with Gasteiger partial charge in [0, 0.05) is 19.0 Å². The Labute approximate surface area is 105 Å². The Balaban J connectivity index is 3.25. The van der Waals surface area contributed by atoms with Gasteiger partial charge in [-0.2, -0.15) is 0 Å². The van der Waals surface area contributed by atoms with E-state index in [1.54, 1.807) is 12.1 Å². The molecule has 0 unspecified atom stereocenters. The molecule has 17 heavy (non-hydrogen) atoms. The van der Waals surface area contributed by atoms with E-state index in [2.05, 4.69) is 0 Å². The number of methoxy groups -OCH3 is 1. The largest absolute Gasteiger partial charge is 0.495 e. The summed E-state index contributed by atoms with van der Waals surface area (Å²) in [6.07, 6.45) is 0. The van der Waals surface area contributed by atoms with E-state index in [-0.39, 0.29) is 0 Å². The summed E-state index contributed by atoms with van der Waals surface area (Å²) in [6.45, 7) is 3.06. The van der Waals surface area contributed by atoms with Gasteiger partial charge in [0.2, 0.25) is 5.78 Å². The number of Topliss-reactive ketones (excluding diaryl/α,β-unsaturated/α-hetero) is 1. The molecule has 4 nitrogen and oxygen atoms in total. The van der Waals surface area contributed by atoms with E-state index in [0.29, 0.717) is 16.5 Å². The molecule has 1 amide bonds. The van der Waals surface area contributed by atoms with Crippen LogP contribution in [0.4, 0.5) is 5.69 Å². The minimum atomic E-state index is -0.608. The normalized spacial score (nSPS) is 9.94. The highest BCUT2D eigenvalue weighted by molar-refractivity contribution is 6.40. The lowest BCUT2D eigenvalue weighted by Gasteiger charge is -2.19. The van der Waals surface area contributed by atoms with Gasteiger partial charge in [-0.05, 0) is 24.6 Å². The minimum absolute atomic E-state index is 0.475. The average Bonchev–Trinajstić information content (AvgIpc) is 2.29. The van der Waals surface area contributed by atoms with E-state index in [4.69, 9.17) is 16.3 Å². The molecule has 0 aromatic heterocycles. The first-order chi connectivity index (χ1) is 7.88. The zero-order valence-electron chi connectivity index (χ0n) is 10.2. The molecule has 0 aliphatic rings. The topological polar surface area (TPSA) is 46.6 Å². The van der Waals surface area contributed by atoms with Gasteiger partial charge >= 0.3 is 0 Å². The summed E-state index contributed by atoms with van der Waals surface area (Å²) in [4.78, 5) is 23.9. The third-order valence-corrected chi connectivity index (χ3v) is 2.83. The number of amides is 1. The van der Waals surface area contributed by atoms with Gasteiger partial charge in [-0.25, -0.2) is 0 Å². The van der Waals surface area contributed by atoms with Crippen LogP contribution in [0, 0.1) is 6.92 Å². The van der Waals surface area contributed by atoms with Crippen molar-refractivity contribution in [1.29, 1.82) is 0 Å². The number of carbonyl (C=O) groups excluding carboxylic acids is 2. The second-order valence-corrected chi connectivity index (χ2v) is 4.10. The van der Waals surface area contributed by atoms with Gasteiger partial charge in [-0.15, -0.1) is 0 Å². The highest BCUT2D eigenvalue weighted by Gasteiger charge is 2.19. The third-order valence-electron chi connectivity index (χ3n) is 2.43. The molecule has 0 fully saturated rings. The fourth-order valence-corrected chi connectivity index (χ4v) is 1.57. The number of ether oxygens (including phenoxy) is 1. The van der Waals surface area contributed by atoms with Crippen molar-refractivity contribution in [3.8, 4) is 5.75 Å². The second kappa shape index (κ2) is 5.19. The lowest BCUT2D eigenvalue weighted by atomic mass is 10.2. The Morgan fingerprint density at radius 1 is 1.35 bits per heavy atom. The van der Waals surface area contributed by atoms with Gasteiger partial charge < -0.3 is 9.64 Å². The van der Waals surface area contributed by atoms with Gasteiger partial charge in [0.05, 0.1) is 12.8 Å². The van der Waals surface area contributed by atoms with Crippen molar-refractivity contribution >= 4 is 29.0 Å². The van der Waals surface area contributed by atoms with Crippen LogP contribution in [0.2, 0.25) is 5.02 Å². The summed E-state index contributed by atoms with van der Waals surface area (Å²) in [7, 11) is 3.01. The highest BCUT2D eigenvalue weighted by atomic mass is 35.5. The molecule has 0 aliphatic carbocycles. The number of carbonyl (C=O) groups is 2. The SMILES string of the molecule is COc1cc(C)c(Cl)cc1N(C)C(=O)C(C)=O. The highest BCUT2D eigenvalue weighted by Crippen LogP contribution is 2.33. The Hall–Kier alpha value is -1.55. The average molecular weight is 256 g/mol. The Morgan fingerprint density at radius 2 is 1.94 bits per heavy atom. The maximum absolute atomic E-state index is 11.6. The first-order valence-electron chi connectivity index (χ1n) is 5.01. The molecule has 0 aliphatic heterocycles. The predicted molar refractivity (Wildman–Crippen MR) is 66.8 cm³/mol. The van der Waals surface area contributed by atoms with E-state index in [0.717, 1.165) is 5.56 Å². The number of rotatable bonds is 3. The summed E-state index contributed by atoms with van der Waals surface area (Å²) in [5, 5.41) is 0.518. The van der Waals surface area contributed by atoms with Gasteiger partial charge in [0.1, 0.15) is 5.75 Å². The van der Waals surface area contributed by atoms with E-state index in [9.17, 15) is 9.59 Å². The number of nitrogens with zero attached hydrogens (tertiary/aromatic N) is 1. The molecule has 0 bridgehead atoms. The minimum Gasteiger partial charge on any atom is -0.495 e. The molecule has 1 aromatic rings. The fraction of sp³-hybridized carbons (Fsp3) is 0.333. The molecule has 92 valence electrons. The number of hydrogen-bond donors (Lipinski definition) is 0. The van der Waals surface area contributed by atoms with Crippen molar-refractivity contribution < 1.29 is 14.3 Å². The number of halogens is 1. The Kier molecular flexibility index (Phi) is 4.12. The molecule has 0 N–H and O–H groups in total. The van der Waals surface area contributed by atoms with Crippen molar-refractivity contribution in [2.24, 2.45) is 0 Å². The van der Waals surface area contributed by atoms with Crippen molar-refractivity contribution in [1.82, 2.24) is 0 Å². The summed E-state index contributed by atoms with van der Waals surface area (Å²) < 4.78 is 5.17. The molecule has 1 aromatic carbocycles. The third kappa shape index (κ3) is 2.77. The first kappa shape index (κ1) is 13.5. The summed E-state index contributed by atoms with van der Waals surface area (Å²) in [5.74, 6) is -0.640. The van der Waals surface area contributed by atoms with Crippen LogP contribution in [0.15, 0.2) is 12.1 Å². The standard InChI is InChI=1S/C12H14ClNO3/c1-7-5-11(17-4)10(6-9(7)13)14(3)12(16)8(2)15/h5-6H,1-4H3. The van der Waals surface area contributed by atoms with E-state index >= 15 is 0 Å². The molecule has 0 saturated heterocycles. The fourth-order valence-electron chi connectivity index (χ4n) is 1.42. The van der Waals surface area contributed by atoms with Crippen LogP contribution >= 0.6 is 11.6 Å². The quantitative estimate of drug-likeness (QED) is 0.778. The van der Waals surface area contributed by atoms with Gasteiger partial charge in [-0.3, -0.25) is 9.59 Å². The Morgan fingerprint density at radius 3 is 2.41 bits per heavy atom. The number of hydrogen-bond acceptors (Lipinski definition) is 3. The predicted octanol–water partition coefficient (Wildman–Crippen LogP) is 2.21. The number of benzene rings is 1. The molecule has 0 atom stereocenters. The molecule has 0 saturated carbocycles. The van der Waals surface area contributed by atoms with Gasteiger partial charge in [0.25, 0.3) is 5.91 Å². The van der Waals surface area contributed by atoms with Crippen LogP contribution < -0.4 is 9.64 Å². The number of likely N-dealkylation sites (N-methyl/N-ethyl adjacent to an activating group) is 1. The zero-order chi connectivity index (χ0) is 13.2. The van der Waals surface area contributed by atoms with Crippen LogP contribution in [-0.2, 0) is 9.59 Å². The first-order valence-corrected chi connectivity index (χ1v) is 5.39. The van der Waals surface area contributed by atoms with Gasteiger partial charge in [-0.1, -0.05) is 11.6 Å². The second-order valence-electron chi connectivity index (χ2n) is 3.69. The van der Waals surface area contributed by atoms with Crippen molar-refractivity contribution in [2.75, 3.05) is 19.1 Å². The molecular weight excluding hydrogens is 242 g/mol. The molecule has 0 spiro atoms.